The molecule has 0 unspecified atom stereocenters. The Morgan fingerprint density at radius 3 is 2.29 bits per heavy atom. The molecule has 0 atom stereocenters. The highest BCUT2D eigenvalue weighted by Gasteiger charge is 2.14. The minimum absolute atomic E-state index is 0.0204. The maximum absolute atomic E-state index is 13.5. The predicted molar refractivity (Wildman–Crippen MR) is 60.9 cm³/mol. The Bertz CT molecular complexity index is 579. The Labute approximate surface area is 96.7 Å². The van der Waals surface area contributed by atoms with Gasteiger partial charge in [0.2, 0.25) is 0 Å². The molecule has 0 saturated carbocycles. The first kappa shape index (κ1) is 11.5. The van der Waals surface area contributed by atoms with Gasteiger partial charge in [0.1, 0.15) is 0 Å². The van der Waals surface area contributed by atoms with Gasteiger partial charge in [-0.3, -0.25) is 0 Å². The lowest BCUT2D eigenvalue weighted by molar-refractivity contribution is 0.449. The van der Waals surface area contributed by atoms with E-state index in [0.29, 0.717) is 11.3 Å². The van der Waals surface area contributed by atoms with Crippen molar-refractivity contribution >= 4 is 5.69 Å². The number of halogens is 3. The second kappa shape index (κ2) is 4.13. The molecular weight excluding hydrogens is 227 g/mol. The van der Waals surface area contributed by atoms with E-state index in [1.54, 1.807) is 25.1 Å². The van der Waals surface area contributed by atoms with Crippen LogP contribution in [-0.4, -0.2) is 0 Å². The lowest BCUT2D eigenvalue weighted by atomic mass is 10.0. The van der Waals surface area contributed by atoms with Crippen molar-refractivity contribution in [3.05, 3.63) is 53.3 Å². The number of benzene rings is 2. The van der Waals surface area contributed by atoms with Crippen LogP contribution in [0.1, 0.15) is 5.56 Å². The third-order valence-corrected chi connectivity index (χ3v) is 2.62. The normalized spacial score (nSPS) is 10.6. The van der Waals surface area contributed by atoms with E-state index in [2.05, 4.69) is 0 Å². The molecule has 17 heavy (non-hydrogen) atoms. The number of nitrogen functional groups attached to an aromatic ring is 1. The minimum Gasteiger partial charge on any atom is -0.399 e. The molecule has 1 nitrogen and oxygen atoms in total. The van der Waals surface area contributed by atoms with Crippen LogP contribution in [0.15, 0.2) is 30.3 Å². The molecule has 0 aliphatic heterocycles. The molecule has 0 heterocycles. The Hall–Kier alpha value is -1.97. The van der Waals surface area contributed by atoms with Crippen molar-refractivity contribution in [2.24, 2.45) is 0 Å². The van der Waals surface area contributed by atoms with Gasteiger partial charge in [-0.25, -0.2) is 13.2 Å². The number of rotatable bonds is 1. The highest BCUT2D eigenvalue weighted by molar-refractivity contribution is 5.68. The van der Waals surface area contributed by atoms with Crippen LogP contribution in [0.4, 0.5) is 18.9 Å². The first-order valence-electron chi connectivity index (χ1n) is 5.00. The molecule has 0 saturated heterocycles. The van der Waals surface area contributed by atoms with Crippen molar-refractivity contribution in [3.8, 4) is 11.1 Å². The average Bonchev–Trinajstić information content (AvgIpc) is 2.30. The predicted octanol–water partition coefficient (Wildman–Crippen LogP) is 3.66. The third-order valence-electron chi connectivity index (χ3n) is 2.62. The number of hydrogen-bond acceptors (Lipinski definition) is 1. The van der Waals surface area contributed by atoms with Crippen LogP contribution < -0.4 is 5.73 Å². The van der Waals surface area contributed by atoms with E-state index in [4.69, 9.17) is 5.73 Å². The summed E-state index contributed by atoms with van der Waals surface area (Å²) in [6, 6.07) is 6.91. The highest BCUT2D eigenvalue weighted by Crippen LogP contribution is 2.28. The Morgan fingerprint density at radius 1 is 0.941 bits per heavy atom. The monoisotopic (exact) mass is 237 g/mol. The van der Waals surface area contributed by atoms with Crippen molar-refractivity contribution in [2.45, 2.75) is 6.92 Å². The zero-order valence-electron chi connectivity index (χ0n) is 9.10. The molecule has 0 aliphatic carbocycles. The van der Waals surface area contributed by atoms with E-state index in [1.807, 2.05) is 0 Å². The van der Waals surface area contributed by atoms with E-state index in [-0.39, 0.29) is 5.56 Å². The molecular formula is C13H10F3N. The van der Waals surface area contributed by atoms with Crippen molar-refractivity contribution in [2.75, 3.05) is 5.73 Å². The fourth-order valence-corrected chi connectivity index (χ4v) is 1.59. The molecule has 2 rings (SSSR count). The van der Waals surface area contributed by atoms with Gasteiger partial charge in [-0.05, 0) is 42.3 Å². The second-order valence-corrected chi connectivity index (χ2v) is 3.79. The van der Waals surface area contributed by atoms with Gasteiger partial charge in [-0.2, -0.15) is 0 Å². The van der Waals surface area contributed by atoms with Crippen LogP contribution in [0.5, 0.6) is 0 Å². The van der Waals surface area contributed by atoms with Gasteiger partial charge in [0.25, 0.3) is 0 Å². The minimum atomic E-state index is -1.46. The van der Waals surface area contributed by atoms with Gasteiger partial charge >= 0.3 is 0 Å². The van der Waals surface area contributed by atoms with Gasteiger partial charge in [0.05, 0.1) is 0 Å². The zero-order valence-corrected chi connectivity index (χ0v) is 9.10. The molecule has 4 heteroatoms. The largest absolute Gasteiger partial charge is 0.399 e. The summed E-state index contributed by atoms with van der Waals surface area (Å²) >= 11 is 0. The summed E-state index contributed by atoms with van der Waals surface area (Å²) in [6.07, 6.45) is 0. The molecule has 0 bridgehead atoms. The van der Waals surface area contributed by atoms with Crippen molar-refractivity contribution in [1.29, 1.82) is 0 Å². The molecule has 2 aromatic rings. The second-order valence-electron chi connectivity index (χ2n) is 3.79. The molecule has 2 N–H and O–H groups in total. The van der Waals surface area contributed by atoms with Gasteiger partial charge in [-0.15, -0.1) is 0 Å². The third kappa shape index (κ3) is 1.98. The van der Waals surface area contributed by atoms with Gasteiger partial charge in [0, 0.05) is 11.3 Å². The highest BCUT2D eigenvalue weighted by atomic mass is 19.2. The Morgan fingerprint density at radius 2 is 1.65 bits per heavy atom. The fourth-order valence-electron chi connectivity index (χ4n) is 1.59. The Balaban J connectivity index is 2.61. The summed E-state index contributed by atoms with van der Waals surface area (Å²) in [7, 11) is 0. The standard InChI is InChI=1S/C13H10F3N/c1-7-6-8(2-5-11(7)17)9-3-4-10(14)13(16)12(9)15/h2-6H,17H2,1H3. The summed E-state index contributed by atoms with van der Waals surface area (Å²) in [5.41, 5.74) is 7.44. The molecule has 0 amide bonds. The zero-order chi connectivity index (χ0) is 12.6. The van der Waals surface area contributed by atoms with Crippen LogP contribution in [-0.2, 0) is 0 Å². The maximum Gasteiger partial charge on any atom is 0.195 e. The van der Waals surface area contributed by atoms with E-state index >= 15 is 0 Å². The average molecular weight is 237 g/mol. The van der Waals surface area contributed by atoms with Crippen molar-refractivity contribution in [3.63, 3.8) is 0 Å². The van der Waals surface area contributed by atoms with Crippen LogP contribution in [0, 0.1) is 24.4 Å². The molecule has 0 spiro atoms. The summed E-state index contributed by atoms with van der Waals surface area (Å²) in [5.74, 6) is -3.84. The maximum atomic E-state index is 13.5. The smallest absolute Gasteiger partial charge is 0.195 e. The molecule has 2 aromatic carbocycles. The van der Waals surface area contributed by atoms with E-state index in [9.17, 15) is 13.2 Å². The van der Waals surface area contributed by atoms with Crippen LogP contribution in [0.3, 0.4) is 0 Å². The first-order chi connectivity index (χ1) is 8.00. The van der Waals surface area contributed by atoms with E-state index in [0.717, 1.165) is 11.6 Å². The van der Waals surface area contributed by atoms with Crippen LogP contribution in [0.2, 0.25) is 0 Å². The van der Waals surface area contributed by atoms with Crippen LogP contribution in [0.25, 0.3) is 11.1 Å². The van der Waals surface area contributed by atoms with Gasteiger partial charge in [0.15, 0.2) is 17.5 Å². The van der Waals surface area contributed by atoms with Crippen LogP contribution >= 0.6 is 0 Å². The van der Waals surface area contributed by atoms with Crippen molar-refractivity contribution in [1.82, 2.24) is 0 Å². The summed E-state index contributed by atoms with van der Waals surface area (Å²) in [4.78, 5) is 0. The van der Waals surface area contributed by atoms with E-state index < -0.39 is 17.5 Å². The summed E-state index contributed by atoms with van der Waals surface area (Å²) in [6.45, 7) is 1.76. The lowest BCUT2D eigenvalue weighted by Crippen LogP contribution is -1.95. The topological polar surface area (TPSA) is 26.0 Å². The summed E-state index contributed by atoms with van der Waals surface area (Å²) < 4.78 is 39.4. The number of nitrogens with two attached hydrogens (primary N) is 1. The fraction of sp³-hybridized carbons (Fsp3) is 0.0769. The van der Waals surface area contributed by atoms with Crippen molar-refractivity contribution < 1.29 is 13.2 Å². The molecule has 0 fully saturated rings. The van der Waals surface area contributed by atoms with E-state index in [1.165, 1.54) is 6.07 Å². The van der Waals surface area contributed by atoms with Gasteiger partial charge < -0.3 is 5.73 Å². The first-order valence-corrected chi connectivity index (χ1v) is 5.00. The number of anilines is 1. The molecule has 0 aliphatic rings. The quantitative estimate of drug-likeness (QED) is 0.594. The number of aryl methyl sites for hydroxylation is 1. The molecule has 0 radical (unpaired) electrons. The molecule has 88 valence electrons. The number of hydrogen-bond donors (Lipinski definition) is 1. The molecule has 0 aromatic heterocycles. The Kier molecular flexibility index (Phi) is 2.79. The lowest BCUT2D eigenvalue weighted by Gasteiger charge is -2.07. The summed E-state index contributed by atoms with van der Waals surface area (Å²) in [5, 5.41) is 0. The van der Waals surface area contributed by atoms with Gasteiger partial charge in [-0.1, -0.05) is 6.07 Å². The SMILES string of the molecule is Cc1cc(-c2ccc(F)c(F)c2F)ccc1N.